The molecule has 0 spiro atoms. The van der Waals surface area contributed by atoms with Crippen molar-refractivity contribution in [2.24, 2.45) is 0 Å². The average Bonchev–Trinajstić information content (AvgIpc) is 2.52. The number of nitrogens with zero attached hydrogens (tertiary/aromatic N) is 2. The molecule has 0 saturated heterocycles. The molecule has 0 atom stereocenters. The fourth-order valence-electron chi connectivity index (χ4n) is 2.00. The average molecular weight is 332 g/mol. The van der Waals surface area contributed by atoms with E-state index in [1.165, 1.54) is 47.3 Å². The van der Waals surface area contributed by atoms with Crippen LogP contribution in [0, 0.1) is 5.82 Å². The number of pyridine rings is 2. The molecule has 3 rings (SSSR count). The number of halogens is 2. The maximum absolute atomic E-state index is 14.2. The number of nitrogen functional groups attached to an aromatic ring is 1. The first-order valence-corrected chi connectivity index (χ1v) is 6.98. The molecule has 116 valence electrons. The highest BCUT2D eigenvalue weighted by Gasteiger charge is 2.09. The van der Waals surface area contributed by atoms with Gasteiger partial charge < -0.3 is 10.5 Å². The van der Waals surface area contributed by atoms with Crippen LogP contribution in [-0.4, -0.2) is 9.55 Å². The molecule has 7 heteroatoms. The zero-order valence-corrected chi connectivity index (χ0v) is 12.5. The van der Waals surface area contributed by atoms with Crippen LogP contribution in [-0.2, 0) is 0 Å². The van der Waals surface area contributed by atoms with Crippen LogP contribution in [0.25, 0.3) is 5.69 Å². The highest BCUT2D eigenvalue weighted by molar-refractivity contribution is 6.30. The summed E-state index contributed by atoms with van der Waals surface area (Å²) in [5.74, 6) is 0.0215. The molecule has 2 heterocycles. The van der Waals surface area contributed by atoms with Gasteiger partial charge in [0.1, 0.15) is 11.6 Å². The summed E-state index contributed by atoms with van der Waals surface area (Å²) < 4.78 is 20.9. The summed E-state index contributed by atoms with van der Waals surface area (Å²) >= 11 is 5.86. The summed E-state index contributed by atoms with van der Waals surface area (Å²) in [6, 6.07) is 10.00. The van der Waals surface area contributed by atoms with E-state index in [-0.39, 0.29) is 17.1 Å². The molecular formula is C16H11ClFN3O2. The van der Waals surface area contributed by atoms with E-state index in [9.17, 15) is 9.18 Å². The van der Waals surface area contributed by atoms with Gasteiger partial charge in [-0.25, -0.2) is 9.37 Å². The molecule has 0 amide bonds. The van der Waals surface area contributed by atoms with Gasteiger partial charge in [0, 0.05) is 30.6 Å². The molecule has 5 nitrogen and oxygen atoms in total. The van der Waals surface area contributed by atoms with Crippen molar-refractivity contribution in [3.63, 3.8) is 0 Å². The second-order valence-electron chi connectivity index (χ2n) is 4.69. The first kappa shape index (κ1) is 15.1. The smallest absolute Gasteiger partial charge is 0.255 e. The van der Waals surface area contributed by atoms with Crippen molar-refractivity contribution in [2.75, 3.05) is 5.73 Å². The second-order valence-corrected chi connectivity index (χ2v) is 5.13. The van der Waals surface area contributed by atoms with Gasteiger partial charge in [0.15, 0.2) is 11.6 Å². The van der Waals surface area contributed by atoms with Gasteiger partial charge in [-0.1, -0.05) is 11.6 Å². The van der Waals surface area contributed by atoms with E-state index in [0.29, 0.717) is 16.5 Å². The van der Waals surface area contributed by atoms with Crippen molar-refractivity contribution in [3.05, 3.63) is 76.1 Å². The minimum absolute atomic E-state index is 0.00873. The first-order valence-electron chi connectivity index (χ1n) is 6.60. The van der Waals surface area contributed by atoms with Gasteiger partial charge in [0.05, 0.1) is 10.7 Å². The van der Waals surface area contributed by atoms with E-state index in [1.807, 2.05) is 0 Å². The Kier molecular flexibility index (Phi) is 3.99. The van der Waals surface area contributed by atoms with Gasteiger partial charge in [0.25, 0.3) is 5.56 Å². The summed E-state index contributed by atoms with van der Waals surface area (Å²) in [5.41, 5.74) is 5.57. The van der Waals surface area contributed by atoms with Crippen molar-refractivity contribution in [3.8, 4) is 17.2 Å². The Balaban J connectivity index is 1.95. The fourth-order valence-corrected chi connectivity index (χ4v) is 2.16. The fraction of sp³-hybridized carbons (Fsp3) is 0. The molecule has 0 fully saturated rings. The standard InChI is InChI=1S/C16H11ClFN3O2/c17-10-1-4-16(22)21(9-10)11-2-3-14(13(18)7-11)23-12-5-6-20-15(19)8-12/h1-9H,(H2,19,20). The van der Waals surface area contributed by atoms with Crippen LogP contribution >= 0.6 is 11.6 Å². The van der Waals surface area contributed by atoms with Crippen LogP contribution in [0.1, 0.15) is 0 Å². The molecule has 0 saturated carbocycles. The highest BCUT2D eigenvalue weighted by atomic mass is 35.5. The van der Waals surface area contributed by atoms with Crippen molar-refractivity contribution in [1.82, 2.24) is 9.55 Å². The summed E-state index contributed by atoms with van der Waals surface area (Å²) in [6.45, 7) is 0. The molecule has 0 unspecified atom stereocenters. The lowest BCUT2D eigenvalue weighted by Crippen LogP contribution is -2.16. The van der Waals surface area contributed by atoms with Crippen LogP contribution in [0.5, 0.6) is 11.5 Å². The van der Waals surface area contributed by atoms with E-state index in [1.54, 1.807) is 12.1 Å². The lowest BCUT2D eigenvalue weighted by Gasteiger charge is -2.10. The molecule has 23 heavy (non-hydrogen) atoms. The zero-order chi connectivity index (χ0) is 16.4. The number of hydrogen-bond donors (Lipinski definition) is 1. The second kappa shape index (κ2) is 6.10. The van der Waals surface area contributed by atoms with E-state index in [4.69, 9.17) is 22.1 Å². The molecule has 3 aromatic rings. The maximum Gasteiger partial charge on any atom is 0.255 e. The van der Waals surface area contributed by atoms with Crippen LogP contribution in [0.4, 0.5) is 10.2 Å². The first-order chi connectivity index (χ1) is 11.0. The Hall–Kier alpha value is -2.86. The summed E-state index contributed by atoms with van der Waals surface area (Å²) in [4.78, 5) is 15.7. The summed E-state index contributed by atoms with van der Waals surface area (Å²) in [6.07, 6.45) is 2.88. The lowest BCUT2D eigenvalue weighted by atomic mass is 10.2. The topological polar surface area (TPSA) is 70.1 Å². The Morgan fingerprint density at radius 1 is 1.17 bits per heavy atom. The largest absolute Gasteiger partial charge is 0.454 e. The van der Waals surface area contributed by atoms with Crippen molar-refractivity contribution < 1.29 is 9.13 Å². The number of nitrogens with two attached hydrogens (primary N) is 1. The molecule has 1 aromatic carbocycles. The lowest BCUT2D eigenvalue weighted by molar-refractivity contribution is 0.442. The van der Waals surface area contributed by atoms with Crippen molar-refractivity contribution in [1.29, 1.82) is 0 Å². The molecule has 0 aliphatic rings. The highest BCUT2D eigenvalue weighted by Crippen LogP contribution is 2.26. The van der Waals surface area contributed by atoms with Crippen LogP contribution in [0.2, 0.25) is 5.02 Å². The normalized spacial score (nSPS) is 10.5. The number of aromatic nitrogens is 2. The van der Waals surface area contributed by atoms with E-state index >= 15 is 0 Å². The minimum Gasteiger partial charge on any atom is -0.454 e. The van der Waals surface area contributed by atoms with E-state index in [0.717, 1.165) is 0 Å². The molecule has 2 aromatic heterocycles. The van der Waals surface area contributed by atoms with Gasteiger partial charge in [-0.05, 0) is 24.3 Å². The Morgan fingerprint density at radius 2 is 2.00 bits per heavy atom. The van der Waals surface area contributed by atoms with E-state index < -0.39 is 5.82 Å². The number of rotatable bonds is 3. The Bertz CT molecular complexity index is 927. The Morgan fingerprint density at radius 3 is 2.74 bits per heavy atom. The maximum atomic E-state index is 14.2. The van der Waals surface area contributed by atoms with Gasteiger partial charge >= 0.3 is 0 Å². The third kappa shape index (κ3) is 3.32. The van der Waals surface area contributed by atoms with E-state index in [2.05, 4.69) is 4.98 Å². The van der Waals surface area contributed by atoms with Crippen LogP contribution in [0.3, 0.4) is 0 Å². The molecule has 2 N–H and O–H groups in total. The van der Waals surface area contributed by atoms with Gasteiger partial charge in [-0.15, -0.1) is 0 Å². The predicted molar refractivity (Wildman–Crippen MR) is 85.7 cm³/mol. The van der Waals surface area contributed by atoms with Crippen molar-refractivity contribution >= 4 is 17.4 Å². The number of hydrogen-bond acceptors (Lipinski definition) is 4. The SMILES string of the molecule is Nc1cc(Oc2ccc(-n3cc(Cl)ccc3=O)cc2F)ccn1. The molecule has 0 radical (unpaired) electrons. The van der Waals surface area contributed by atoms with Crippen molar-refractivity contribution in [2.45, 2.75) is 0 Å². The van der Waals surface area contributed by atoms with Crippen LogP contribution < -0.4 is 16.0 Å². The molecule has 0 bridgehead atoms. The summed E-state index contributed by atoms with van der Waals surface area (Å²) in [5, 5.41) is 0.373. The minimum atomic E-state index is -0.621. The molecular weight excluding hydrogens is 321 g/mol. The summed E-state index contributed by atoms with van der Waals surface area (Å²) in [7, 11) is 0. The van der Waals surface area contributed by atoms with Gasteiger partial charge in [-0.3, -0.25) is 9.36 Å². The third-order valence-electron chi connectivity index (χ3n) is 3.05. The number of anilines is 1. The zero-order valence-electron chi connectivity index (χ0n) is 11.7. The third-order valence-corrected chi connectivity index (χ3v) is 3.27. The number of benzene rings is 1. The quantitative estimate of drug-likeness (QED) is 0.798. The monoisotopic (exact) mass is 331 g/mol. The Labute approximate surface area is 135 Å². The molecule has 0 aliphatic heterocycles. The van der Waals surface area contributed by atoms with Crippen LogP contribution in [0.15, 0.2) is 59.7 Å². The number of ether oxygens (including phenoxy) is 1. The molecule has 0 aliphatic carbocycles. The predicted octanol–water partition coefficient (Wildman–Crippen LogP) is 3.40. The van der Waals surface area contributed by atoms with Gasteiger partial charge in [0.2, 0.25) is 0 Å². The van der Waals surface area contributed by atoms with Gasteiger partial charge in [-0.2, -0.15) is 0 Å².